The van der Waals surface area contributed by atoms with Crippen LogP contribution < -0.4 is 4.74 Å². The van der Waals surface area contributed by atoms with Crippen LogP contribution in [0.15, 0.2) is 67.4 Å². The van der Waals surface area contributed by atoms with Gasteiger partial charge in [-0.2, -0.15) is 0 Å². The number of nitrogens with zero attached hydrogens (tertiary/aromatic N) is 4. The second-order valence-electron chi connectivity index (χ2n) is 6.82. The molecule has 3 heterocycles. The number of rotatable bonds is 4. The first-order chi connectivity index (χ1) is 13.8. The van der Waals surface area contributed by atoms with Gasteiger partial charge in [-0.1, -0.05) is 25.0 Å². The fourth-order valence-electron chi connectivity index (χ4n) is 3.59. The number of hydrogen-bond donors (Lipinski definition) is 0. The second-order valence-corrected chi connectivity index (χ2v) is 6.82. The fourth-order valence-corrected chi connectivity index (χ4v) is 3.59. The second kappa shape index (κ2) is 8.61. The highest BCUT2D eigenvalue weighted by Crippen LogP contribution is 2.31. The lowest BCUT2D eigenvalue weighted by atomic mass is 10.0. The van der Waals surface area contributed by atoms with Gasteiger partial charge >= 0.3 is 0 Å². The zero-order chi connectivity index (χ0) is 19.2. The van der Waals surface area contributed by atoms with E-state index in [1.165, 1.54) is 0 Å². The maximum Gasteiger partial charge on any atom is 0.254 e. The van der Waals surface area contributed by atoms with Gasteiger partial charge in [-0.15, -0.1) is 0 Å². The summed E-state index contributed by atoms with van der Waals surface area (Å²) in [6, 6.07) is 11.3. The van der Waals surface area contributed by atoms with Crippen molar-refractivity contribution in [2.24, 2.45) is 0 Å². The van der Waals surface area contributed by atoms with E-state index < -0.39 is 0 Å². The molecule has 0 spiro atoms. The quantitative estimate of drug-likeness (QED) is 0.676. The first-order valence-electron chi connectivity index (χ1n) is 9.56. The Morgan fingerprint density at radius 1 is 1.00 bits per heavy atom. The van der Waals surface area contributed by atoms with Crippen molar-refractivity contribution >= 4 is 5.91 Å². The average Bonchev–Trinajstić information content (AvgIpc) is 3.01. The predicted molar refractivity (Wildman–Crippen MR) is 105 cm³/mol. The SMILES string of the molecule is O=C(c1cccc(Oc2cnccn2)c1)N1CCCCCC1c1cccnc1. The van der Waals surface area contributed by atoms with Gasteiger partial charge in [0.15, 0.2) is 0 Å². The normalized spacial score (nSPS) is 17.0. The van der Waals surface area contributed by atoms with Crippen LogP contribution in [0.25, 0.3) is 0 Å². The molecule has 1 atom stereocenters. The molecular weight excluding hydrogens is 352 g/mol. The van der Waals surface area contributed by atoms with Gasteiger partial charge in [-0.25, -0.2) is 4.98 Å². The third-order valence-electron chi connectivity index (χ3n) is 4.93. The van der Waals surface area contributed by atoms with E-state index in [1.54, 1.807) is 30.9 Å². The molecule has 4 rings (SSSR count). The molecule has 0 aliphatic carbocycles. The highest BCUT2D eigenvalue weighted by Gasteiger charge is 2.27. The number of ether oxygens (including phenoxy) is 1. The van der Waals surface area contributed by atoms with Crippen molar-refractivity contribution in [2.75, 3.05) is 6.54 Å². The molecule has 1 aromatic carbocycles. The van der Waals surface area contributed by atoms with E-state index in [-0.39, 0.29) is 11.9 Å². The molecule has 1 aliphatic rings. The highest BCUT2D eigenvalue weighted by molar-refractivity contribution is 5.95. The standard InChI is InChI=1S/C22H22N4O2/c27-22(17-6-4-8-19(14-17)28-21-16-24-11-12-25-21)26-13-3-1-2-9-20(26)18-7-5-10-23-15-18/h4-8,10-12,14-16,20H,1-3,9,13H2. The van der Waals surface area contributed by atoms with E-state index >= 15 is 0 Å². The van der Waals surface area contributed by atoms with Crippen LogP contribution in [0.5, 0.6) is 11.6 Å². The van der Waals surface area contributed by atoms with Gasteiger partial charge in [0.25, 0.3) is 5.91 Å². The Morgan fingerprint density at radius 3 is 2.75 bits per heavy atom. The third kappa shape index (κ3) is 4.17. The van der Waals surface area contributed by atoms with Gasteiger partial charge < -0.3 is 9.64 Å². The summed E-state index contributed by atoms with van der Waals surface area (Å²) >= 11 is 0. The summed E-state index contributed by atoms with van der Waals surface area (Å²) in [5.41, 5.74) is 1.70. The monoisotopic (exact) mass is 374 g/mol. The number of amides is 1. The van der Waals surface area contributed by atoms with Crippen molar-refractivity contribution < 1.29 is 9.53 Å². The molecular formula is C22H22N4O2. The van der Waals surface area contributed by atoms with Crippen molar-refractivity contribution in [3.8, 4) is 11.6 Å². The van der Waals surface area contributed by atoms with E-state index in [0.29, 0.717) is 17.2 Å². The summed E-state index contributed by atoms with van der Waals surface area (Å²) in [4.78, 5) is 27.7. The topological polar surface area (TPSA) is 68.2 Å². The Hall–Kier alpha value is -3.28. The molecule has 1 aliphatic heterocycles. The van der Waals surface area contributed by atoms with Crippen molar-refractivity contribution in [2.45, 2.75) is 31.7 Å². The van der Waals surface area contributed by atoms with Crippen molar-refractivity contribution in [3.05, 3.63) is 78.5 Å². The van der Waals surface area contributed by atoms with E-state index in [9.17, 15) is 4.79 Å². The molecule has 142 valence electrons. The number of benzene rings is 1. The zero-order valence-electron chi connectivity index (χ0n) is 15.6. The smallest absolute Gasteiger partial charge is 0.254 e. The van der Waals surface area contributed by atoms with Gasteiger partial charge in [-0.3, -0.25) is 14.8 Å². The lowest BCUT2D eigenvalue weighted by molar-refractivity contribution is 0.0680. The molecule has 6 nitrogen and oxygen atoms in total. The molecule has 1 unspecified atom stereocenters. The minimum atomic E-state index is 0.0142. The van der Waals surface area contributed by atoms with Crippen molar-refractivity contribution in [1.82, 2.24) is 19.9 Å². The van der Waals surface area contributed by atoms with Crippen LogP contribution in [0.1, 0.15) is 47.6 Å². The van der Waals surface area contributed by atoms with Gasteiger partial charge in [0.1, 0.15) is 5.75 Å². The number of likely N-dealkylation sites (tertiary alicyclic amines) is 1. The molecule has 1 saturated heterocycles. The van der Waals surface area contributed by atoms with E-state index in [0.717, 1.165) is 37.8 Å². The number of hydrogen-bond acceptors (Lipinski definition) is 5. The Kier molecular flexibility index (Phi) is 5.56. The summed E-state index contributed by atoms with van der Waals surface area (Å²) in [6.45, 7) is 0.744. The summed E-state index contributed by atoms with van der Waals surface area (Å²) in [5, 5.41) is 0. The number of aromatic nitrogens is 3. The average molecular weight is 374 g/mol. The Bertz CT molecular complexity index is 918. The van der Waals surface area contributed by atoms with Crippen LogP contribution in [0, 0.1) is 0 Å². The minimum Gasteiger partial charge on any atom is -0.437 e. The van der Waals surface area contributed by atoms with Crippen LogP contribution in [0.4, 0.5) is 0 Å². The van der Waals surface area contributed by atoms with Gasteiger partial charge in [0.05, 0.1) is 12.2 Å². The summed E-state index contributed by atoms with van der Waals surface area (Å²) in [5.74, 6) is 0.981. The summed E-state index contributed by atoms with van der Waals surface area (Å²) in [6.07, 6.45) is 12.5. The van der Waals surface area contributed by atoms with Crippen LogP contribution in [0.3, 0.4) is 0 Å². The predicted octanol–water partition coefficient (Wildman–Crippen LogP) is 4.42. The molecule has 28 heavy (non-hydrogen) atoms. The van der Waals surface area contributed by atoms with Gasteiger partial charge in [0.2, 0.25) is 5.88 Å². The lowest BCUT2D eigenvalue weighted by Crippen LogP contribution is -2.34. The molecule has 0 N–H and O–H groups in total. The van der Waals surface area contributed by atoms with Crippen LogP contribution >= 0.6 is 0 Å². The van der Waals surface area contributed by atoms with E-state index in [4.69, 9.17) is 4.74 Å². The lowest BCUT2D eigenvalue weighted by Gasteiger charge is -2.30. The molecule has 1 fully saturated rings. The van der Waals surface area contributed by atoms with E-state index in [1.807, 2.05) is 35.4 Å². The molecule has 1 amide bonds. The highest BCUT2D eigenvalue weighted by atomic mass is 16.5. The van der Waals surface area contributed by atoms with Crippen LogP contribution in [-0.4, -0.2) is 32.3 Å². The maximum absolute atomic E-state index is 13.4. The fraction of sp³-hybridized carbons (Fsp3) is 0.273. The summed E-state index contributed by atoms with van der Waals surface area (Å²) < 4.78 is 5.74. The van der Waals surface area contributed by atoms with Crippen molar-refractivity contribution in [1.29, 1.82) is 0 Å². The van der Waals surface area contributed by atoms with Crippen LogP contribution in [0.2, 0.25) is 0 Å². The Morgan fingerprint density at radius 2 is 1.93 bits per heavy atom. The first kappa shape index (κ1) is 18.1. The third-order valence-corrected chi connectivity index (χ3v) is 4.93. The number of carbonyl (C=O) groups is 1. The molecule has 0 radical (unpaired) electrons. The molecule has 0 saturated carbocycles. The largest absolute Gasteiger partial charge is 0.437 e. The van der Waals surface area contributed by atoms with Crippen molar-refractivity contribution in [3.63, 3.8) is 0 Å². The van der Waals surface area contributed by atoms with Crippen LogP contribution in [-0.2, 0) is 0 Å². The Labute approximate surface area is 164 Å². The Balaban J connectivity index is 1.59. The maximum atomic E-state index is 13.4. The van der Waals surface area contributed by atoms with Gasteiger partial charge in [0, 0.05) is 36.9 Å². The molecule has 3 aromatic rings. The molecule has 2 aromatic heterocycles. The first-order valence-corrected chi connectivity index (χ1v) is 9.56. The molecule has 6 heteroatoms. The van der Waals surface area contributed by atoms with Gasteiger partial charge in [-0.05, 0) is 42.7 Å². The summed E-state index contributed by atoms with van der Waals surface area (Å²) in [7, 11) is 0. The minimum absolute atomic E-state index is 0.0142. The number of pyridine rings is 1. The van der Waals surface area contributed by atoms with E-state index in [2.05, 4.69) is 21.0 Å². The number of carbonyl (C=O) groups excluding carboxylic acids is 1. The zero-order valence-corrected chi connectivity index (χ0v) is 15.6. The molecule has 0 bridgehead atoms.